The second-order valence-electron chi connectivity index (χ2n) is 5.64. The summed E-state index contributed by atoms with van der Waals surface area (Å²) in [6, 6.07) is 19.3. The van der Waals surface area contributed by atoms with Crippen LogP contribution in [0.2, 0.25) is 0 Å². The third kappa shape index (κ3) is 3.54. The first-order chi connectivity index (χ1) is 11.8. The average Bonchev–Trinajstić information content (AvgIpc) is 3.17. The zero-order valence-corrected chi connectivity index (χ0v) is 13.8. The van der Waals surface area contributed by atoms with Gasteiger partial charge in [0.15, 0.2) is 0 Å². The van der Waals surface area contributed by atoms with Crippen LogP contribution in [0.15, 0.2) is 73.1 Å². The van der Waals surface area contributed by atoms with E-state index >= 15 is 0 Å². The number of carbonyl (C=O) groups excluding carboxylic acids is 1. The van der Waals surface area contributed by atoms with Crippen molar-refractivity contribution in [1.82, 2.24) is 9.78 Å². The van der Waals surface area contributed by atoms with Crippen LogP contribution in [0.5, 0.6) is 0 Å². The monoisotopic (exact) mass is 319 g/mol. The van der Waals surface area contributed by atoms with Crippen molar-refractivity contribution >= 4 is 11.6 Å². The van der Waals surface area contributed by atoms with Gasteiger partial charge < -0.3 is 4.90 Å². The van der Waals surface area contributed by atoms with Crippen molar-refractivity contribution in [2.75, 3.05) is 11.4 Å². The molecular weight excluding hydrogens is 298 g/mol. The molecule has 0 aliphatic heterocycles. The number of amides is 1. The van der Waals surface area contributed by atoms with Crippen molar-refractivity contribution in [2.45, 2.75) is 19.8 Å². The van der Waals surface area contributed by atoms with E-state index in [4.69, 9.17) is 0 Å². The van der Waals surface area contributed by atoms with Gasteiger partial charge >= 0.3 is 0 Å². The molecule has 4 nitrogen and oxygen atoms in total. The summed E-state index contributed by atoms with van der Waals surface area (Å²) in [6.45, 7) is 2.85. The van der Waals surface area contributed by atoms with Crippen LogP contribution in [0.1, 0.15) is 30.1 Å². The lowest BCUT2D eigenvalue weighted by molar-refractivity contribution is 0.0986. The van der Waals surface area contributed by atoms with E-state index in [2.05, 4.69) is 12.0 Å². The van der Waals surface area contributed by atoms with Crippen molar-refractivity contribution < 1.29 is 4.79 Å². The van der Waals surface area contributed by atoms with Crippen LogP contribution in [0, 0.1) is 0 Å². The van der Waals surface area contributed by atoms with Crippen LogP contribution in [-0.2, 0) is 0 Å². The Morgan fingerprint density at radius 1 is 1.04 bits per heavy atom. The molecule has 3 aromatic rings. The number of rotatable bonds is 6. The second kappa shape index (κ2) is 7.59. The maximum Gasteiger partial charge on any atom is 0.258 e. The maximum atomic E-state index is 13.0. The van der Waals surface area contributed by atoms with Gasteiger partial charge in [0.05, 0.1) is 5.69 Å². The fraction of sp³-hybridized carbons (Fsp3) is 0.200. The van der Waals surface area contributed by atoms with Crippen molar-refractivity contribution in [2.24, 2.45) is 0 Å². The van der Waals surface area contributed by atoms with Crippen LogP contribution in [0.25, 0.3) is 5.69 Å². The molecule has 0 saturated heterocycles. The number of para-hydroxylation sites is 1. The lowest BCUT2D eigenvalue weighted by atomic mass is 10.1. The molecule has 24 heavy (non-hydrogen) atoms. The van der Waals surface area contributed by atoms with Gasteiger partial charge in [-0.25, -0.2) is 4.68 Å². The van der Waals surface area contributed by atoms with Gasteiger partial charge in [-0.05, 0) is 48.9 Å². The van der Waals surface area contributed by atoms with E-state index in [0.29, 0.717) is 5.56 Å². The summed E-state index contributed by atoms with van der Waals surface area (Å²) in [5.74, 6) is 0.0293. The number of anilines is 1. The third-order valence-electron chi connectivity index (χ3n) is 3.93. The molecule has 3 rings (SSSR count). The highest BCUT2D eigenvalue weighted by molar-refractivity contribution is 6.06. The zero-order chi connectivity index (χ0) is 16.8. The molecule has 0 aliphatic carbocycles. The van der Waals surface area contributed by atoms with Gasteiger partial charge in [0.25, 0.3) is 5.91 Å². The molecule has 4 heteroatoms. The molecule has 1 amide bonds. The maximum absolute atomic E-state index is 13.0. The summed E-state index contributed by atoms with van der Waals surface area (Å²) in [5, 5.41) is 4.21. The fourth-order valence-electron chi connectivity index (χ4n) is 2.61. The molecule has 0 N–H and O–H groups in total. The minimum absolute atomic E-state index is 0.0293. The van der Waals surface area contributed by atoms with Gasteiger partial charge in [-0.2, -0.15) is 5.10 Å². The van der Waals surface area contributed by atoms with E-state index in [1.807, 2.05) is 71.8 Å². The predicted molar refractivity (Wildman–Crippen MR) is 96.6 cm³/mol. The molecule has 0 bridgehead atoms. The molecule has 1 heterocycles. The Morgan fingerprint density at radius 3 is 2.42 bits per heavy atom. The van der Waals surface area contributed by atoms with Gasteiger partial charge in [0, 0.05) is 30.2 Å². The zero-order valence-electron chi connectivity index (χ0n) is 13.8. The summed E-state index contributed by atoms with van der Waals surface area (Å²) >= 11 is 0. The standard InChI is InChI=1S/C20H21N3O/c1-2-3-15-22(18-8-5-4-6-9-18)20(24)17-10-12-19(13-11-17)23-16-7-14-21-23/h4-14,16H,2-3,15H2,1H3. The number of aromatic nitrogens is 2. The highest BCUT2D eigenvalue weighted by Crippen LogP contribution is 2.18. The van der Waals surface area contributed by atoms with Gasteiger partial charge in [-0.15, -0.1) is 0 Å². The molecule has 0 fully saturated rings. The molecule has 2 aromatic carbocycles. The summed E-state index contributed by atoms with van der Waals surface area (Å²) in [4.78, 5) is 14.8. The summed E-state index contributed by atoms with van der Waals surface area (Å²) in [6.07, 6.45) is 5.65. The average molecular weight is 319 g/mol. The summed E-state index contributed by atoms with van der Waals surface area (Å²) < 4.78 is 1.78. The molecule has 0 aliphatic rings. The number of nitrogens with zero attached hydrogens (tertiary/aromatic N) is 3. The van der Waals surface area contributed by atoms with Crippen LogP contribution in [-0.4, -0.2) is 22.2 Å². The Labute approximate surface area is 142 Å². The first-order valence-corrected chi connectivity index (χ1v) is 8.26. The van der Waals surface area contributed by atoms with E-state index in [0.717, 1.165) is 30.8 Å². The Hall–Kier alpha value is -2.88. The highest BCUT2D eigenvalue weighted by atomic mass is 16.2. The van der Waals surface area contributed by atoms with Crippen LogP contribution in [0.4, 0.5) is 5.69 Å². The fourth-order valence-corrected chi connectivity index (χ4v) is 2.61. The Bertz CT molecular complexity index is 764. The third-order valence-corrected chi connectivity index (χ3v) is 3.93. The molecular formula is C20H21N3O. The predicted octanol–water partition coefficient (Wildman–Crippen LogP) is 4.32. The molecule has 0 unspecified atom stereocenters. The smallest absolute Gasteiger partial charge is 0.258 e. The molecule has 0 radical (unpaired) electrons. The van der Waals surface area contributed by atoms with Crippen molar-refractivity contribution in [1.29, 1.82) is 0 Å². The van der Waals surface area contributed by atoms with E-state index < -0.39 is 0 Å². The van der Waals surface area contributed by atoms with Gasteiger partial charge in [-0.1, -0.05) is 31.5 Å². The van der Waals surface area contributed by atoms with E-state index in [1.165, 1.54) is 0 Å². The number of unbranched alkanes of at least 4 members (excludes halogenated alkanes) is 1. The SMILES string of the molecule is CCCCN(C(=O)c1ccc(-n2cccn2)cc1)c1ccccc1. The first kappa shape index (κ1) is 16.0. The van der Waals surface area contributed by atoms with Crippen LogP contribution in [0.3, 0.4) is 0 Å². The number of hydrogen-bond acceptors (Lipinski definition) is 2. The number of carbonyl (C=O) groups is 1. The lowest BCUT2D eigenvalue weighted by Crippen LogP contribution is -2.31. The van der Waals surface area contributed by atoms with E-state index in [1.54, 1.807) is 10.9 Å². The Kier molecular flexibility index (Phi) is 5.06. The lowest BCUT2D eigenvalue weighted by Gasteiger charge is -2.23. The van der Waals surface area contributed by atoms with Gasteiger partial charge in [0.2, 0.25) is 0 Å². The highest BCUT2D eigenvalue weighted by Gasteiger charge is 2.17. The van der Waals surface area contributed by atoms with Crippen molar-refractivity contribution in [3.8, 4) is 5.69 Å². The Morgan fingerprint density at radius 2 is 1.79 bits per heavy atom. The van der Waals surface area contributed by atoms with Crippen LogP contribution < -0.4 is 4.90 Å². The quantitative estimate of drug-likeness (QED) is 0.678. The number of hydrogen-bond donors (Lipinski definition) is 0. The topological polar surface area (TPSA) is 38.1 Å². The number of benzene rings is 2. The van der Waals surface area contributed by atoms with E-state index in [-0.39, 0.29) is 5.91 Å². The van der Waals surface area contributed by atoms with Gasteiger partial charge in [0.1, 0.15) is 0 Å². The first-order valence-electron chi connectivity index (χ1n) is 8.26. The molecule has 1 aromatic heterocycles. The van der Waals surface area contributed by atoms with Crippen molar-refractivity contribution in [3.05, 3.63) is 78.6 Å². The molecule has 0 saturated carbocycles. The van der Waals surface area contributed by atoms with E-state index in [9.17, 15) is 4.79 Å². The minimum atomic E-state index is 0.0293. The minimum Gasteiger partial charge on any atom is -0.308 e. The Balaban J connectivity index is 1.84. The largest absolute Gasteiger partial charge is 0.308 e. The molecule has 0 spiro atoms. The second-order valence-corrected chi connectivity index (χ2v) is 5.64. The summed E-state index contributed by atoms with van der Waals surface area (Å²) in [7, 11) is 0. The van der Waals surface area contributed by atoms with Crippen LogP contribution >= 0.6 is 0 Å². The van der Waals surface area contributed by atoms with Crippen molar-refractivity contribution in [3.63, 3.8) is 0 Å². The summed E-state index contributed by atoms with van der Waals surface area (Å²) in [5.41, 5.74) is 2.56. The van der Waals surface area contributed by atoms with Gasteiger partial charge in [-0.3, -0.25) is 4.79 Å². The normalized spacial score (nSPS) is 10.5. The molecule has 0 atom stereocenters. The molecule has 122 valence electrons.